The van der Waals surface area contributed by atoms with Crippen LogP contribution in [-0.2, 0) is 9.53 Å². The summed E-state index contributed by atoms with van der Waals surface area (Å²) in [6, 6.07) is 3.53. The van der Waals surface area contributed by atoms with E-state index in [2.05, 4.69) is 15.4 Å². The number of amides is 2. The average molecular weight is 395 g/mol. The number of ether oxygens (including phenoxy) is 2. The Bertz CT molecular complexity index is 830. The molecule has 1 aromatic rings. The maximum atomic E-state index is 13.1. The lowest BCUT2D eigenvalue weighted by atomic mass is 10.1. The third-order valence-electron chi connectivity index (χ3n) is 4.15. The molecule has 1 unspecified atom stereocenters. The fourth-order valence-electron chi connectivity index (χ4n) is 2.84. The van der Waals surface area contributed by atoms with Gasteiger partial charge >= 0.3 is 6.09 Å². The summed E-state index contributed by atoms with van der Waals surface area (Å²) in [6.07, 6.45) is -2.53. The van der Waals surface area contributed by atoms with E-state index in [1.165, 1.54) is 6.08 Å². The van der Waals surface area contributed by atoms with E-state index in [1.807, 2.05) is 0 Å². The molecule has 11 heteroatoms. The van der Waals surface area contributed by atoms with Crippen molar-refractivity contribution in [3.8, 4) is 5.75 Å². The zero-order valence-electron chi connectivity index (χ0n) is 14.7. The number of benzene rings is 1. The van der Waals surface area contributed by atoms with Gasteiger partial charge in [-0.05, 0) is 12.1 Å². The van der Waals surface area contributed by atoms with Crippen molar-refractivity contribution in [3.05, 3.63) is 29.8 Å². The van der Waals surface area contributed by atoms with E-state index in [4.69, 9.17) is 15.9 Å². The first-order valence-corrected chi connectivity index (χ1v) is 8.44. The molecule has 2 aliphatic heterocycles. The van der Waals surface area contributed by atoms with Crippen LogP contribution in [0.4, 0.5) is 19.3 Å². The Morgan fingerprint density at radius 1 is 1.46 bits per heavy atom. The van der Waals surface area contributed by atoms with Crippen molar-refractivity contribution >= 4 is 29.2 Å². The van der Waals surface area contributed by atoms with Gasteiger partial charge in [-0.1, -0.05) is 0 Å². The van der Waals surface area contributed by atoms with Crippen molar-refractivity contribution in [2.24, 2.45) is 5.73 Å². The number of hydrogen-bond acceptors (Lipinski definition) is 7. The number of carbonyl (C=O) groups is 2. The molecule has 5 N–H and O–H groups in total. The standard InChI is InChI=1S/C17H19F2N5O4/c18-16(19)12-8-28-17(26)24(12)14(20)6-11-10-2-1-9(23-7-15(21)25)5-13(10)27-4-3-22-11/h1-2,5-6,12,16,20,22-23H,3-4,7-8H2,(H2,21,25)/b11-6-,20-14?. The van der Waals surface area contributed by atoms with Crippen LogP contribution < -0.4 is 21.1 Å². The van der Waals surface area contributed by atoms with Gasteiger partial charge in [0.15, 0.2) is 0 Å². The molecule has 28 heavy (non-hydrogen) atoms. The Morgan fingerprint density at radius 2 is 2.25 bits per heavy atom. The molecule has 0 aliphatic carbocycles. The molecule has 0 spiro atoms. The molecule has 1 atom stereocenters. The van der Waals surface area contributed by atoms with Crippen LogP contribution in [0.1, 0.15) is 5.56 Å². The second kappa shape index (κ2) is 8.11. The highest BCUT2D eigenvalue weighted by atomic mass is 19.3. The smallest absolute Gasteiger partial charge is 0.416 e. The molecule has 0 radical (unpaired) electrons. The summed E-state index contributed by atoms with van der Waals surface area (Å²) in [5, 5.41) is 14.0. The Kier molecular flexibility index (Phi) is 5.62. The zero-order valence-corrected chi connectivity index (χ0v) is 14.7. The number of anilines is 1. The number of nitrogens with two attached hydrogens (primary N) is 1. The lowest BCUT2D eigenvalue weighted by Crippen LogP contribution is -2.42. The molecule has 0 bridgehead atoms. The van der Waals surface area contributed by atoms with Crippen molar-refractivity contribution in [2.45, 2.75) is 12.5 Å². The summed E-state index contributed by atoms with van der Waals surface area (Å²) in [5.74, 6) is -0.468. The van der Waals surface area contributed by atoms with Gasteiger partial charge in [0.05, 0.1) is 6.54 Å². The van der Waals surface area contributed by atoms with E-state index in [-0.39, 0.29) is 6.54 Å². The number of carbonyl (C=O) groups excluding carboxylic acids is 2. The summed E-state index contributed by atoms with van der Waals surface area (Å²) < 4.78 is 36.5. The van der Waals surface area contributed by atoms with Gasteiger partial charge in [0, 0.05) is 35.6 Å². The third-order valence-corrected chi connectivity index (χ3v) is 4.15. The number of primary amides is 1. The Morgan fingerprint density at radius 3 is 2.96 bits per heavy atom. The molecule has 9 nitrogen and oxygen atoms in total. The number of fused-ring (bicyclic) bond motifs is 1. The highest BCUT2D eigenvalue weighted by Gasteiger charge is 2.41. The molecular weight excluding hydrogens is 376 g/mol. The second-order valence-electron chi connectivity index (χ2n) is 6.10. The van der Waals surface area contributed by atoms with Crippen LogP contribution in [0.3, 0.4) is 0 Å². The van der Waals surface area contributed by atoms with Gasteiger partial charge < -0.3 is 25.8 Å². The molecule has 150 valence electrons. The minimum Gasteiger partial charge on any atom is -0.491 e. The van der Waals surface area contributed by atoms with E-state index in [0.717, 1.165) is 0 Å². The number of halogens is 2. The van der Waals surface area contributed by atoms with Gasteiger partial charge in [-0.15, -0.1) is 0 Å². The van der Waals surface area contributed by atoms with Crippen LogP contribution in [0.2, 0.25) is 0 Å². The number of nitrogens with zero attached hydrogens (tertiary/aromatic N) is 1. The molecule has 2 aliphatic rings. The van der Waals surface area contributed by atoms with E-state index < -0.39 is 36.9 Å². The predicted octanol–water partition coefficient (Wildman–Crippen LogP) is 0.970. The molecule has 1 aromatic carbocycles. The molecule has 1 fully saturated rings. The summed E-state index contributed by atoms with van der Waals surface area (Å²) in [7, 11) is 0. The van der Waals surface area contributed by atoms with Crippen LogP contribution >= 0.6 is 0 Å². The topological polar surface area (TPSA) is 130 Å². The maximum absolute atomic E-state index is 13.1. The van der Waals surface area contributed by atoms with Crippen LogP contribution in [0.5, 0.6) is 5.75 Å². The SMILES string of the molecule is N=C(/C=C1\NCCOc2cc(NCC(N)=O)ccc21)N1C(=O)OCC1C(F)F. The Hall–Kier alpha value is -3.37. The molecule has 0 aromatic heterocycles. The number of amidine groups is 1. The summed E-state index contributed by atoms with van der Waals surface area (Å²) in [6.45, 7) is 0.212. The number of hydrogen-bond donors (Lipinski definition) is 4. The molecular formula is C17H19F2N5O4. The minimum absolute atomic E-state index is 0.0452. The van der Waals surface area contributed by atoms with Gasteiger partial charge in [0.2, 0.25) is 5.91 Å². The highest BCUT2D eigenvalue weighted by Crippen LogP contribution is 2.30. The van der Waals surface area contributed by atoms with E-state index in [9.17, 15) is 18.4 Å². The van der Waals surface area contributed by atoms with Gasteiger partial charge in [-0.25, -0.2) is 18.5 Å². The minimum atomic E-state index is -2.83. The molecule has 0 saturated carbocycles. The Balaban J connectivity index is 1.87. The van der Waals surface area contributed by atoms with Gasteiger partial charge in [0.1, 0.15) is 30.8 Å². The lowest BCUT2D eigenvalue weighted by molar-refractivity contribution is -0.116. The van der Waals surface area contributed by atoms with Crippen molar-refractivity contribution in [3.63, 3.8) is 0 Å². The van der Waals surface area contributed by atoms with Crippen molar-refractivity contribution in [2.75, 3.05) is 31.6 Å². The predicted molar refractivity (Wildman–Crippen MR) is 96.3 cm³/mol. The highest BCUT2D eigenvalue weighted by molar-refractivity contribution is 6.05. The first-order valence-electron chi connectivity index (χ1n) is 8.44. The van der Waals surface area contributed by atoms with E-state index in [1.54, 1.807) is 18.2 Å². The largest absolute Gasteiger partial charge is 0.491 e. The van der Waals surface area contributed by atoms with Crippen LogP contribution in [-0.4, -0.2) is 61.5 Å². The number of alkyl halides is 2. The number of rotatable bonds is 5. The Labute approximate surface area is 159 Å². The number of nitrogens with one attached hydrogen (secondary N) is 3. The molecule has 2 heterocycles. The molecule has 3 rings (SSSR count). The van der Waals surface area contributed by atoms with Gasteiger partial charge in [-0.2, -0.15) is 0 Å². The van der Waals surface area contributed by atoms with E-state index >= 15 is 0 Å². The van der Waals surface area contributed by atoms with Crippen LogP contribution in [0.25, 0.3) is 5.70 Å². The molecule has 1 saturated heterocycles. The monoisotopic (exact) mass is 395 g/mol. The van der Waals surface area contributed by atoms with Gasteiger partial charge in [0.25, 0.3) is 6.43 Å². The fraction of sp³-hybridized carbons (Fsp3) is 0.353. The van der Waals surface area contributed by atoms with Crippen LogP contribution in [0, 0.1) is 5.41 Å². The summed E-state index contributed by atoms with van der Waals surface area (Å²) in [4.78, 5) is 23.3. The number of cyclic esters (lactones) is 1. The maximum Gasteiger partial charge on any atom is 0.416 e. The molecule has 2 amide bonds. The van der Waals surface area contributed by atoms with Crippen molar-refractivity contribution in [1.29, 1.82) is 5.41 Å². The summed E-state index contributed by atoms with van der Waals surface area (Å²) >= 11 is 0. The average Bonchev–Trinajstić information content (AvgIpc) is 2.93. The van der Waals surface area contributed by atoms with Crippen molar-refractivity contribution in [1.82, 2.24) is 10.2 Å². The first-order chi connectivity index (χ1) is 13.4. The van der Waals surface area contributed by atoms with Crippen LogP contribution in [0.15, 0.2) is 24.3 Å². The quantitative estimate of drug-likeness (QED) is 0.434. The normalized spacial score (nSPS) is 20.1. The zero-order chi connectivity index (χ0) is 20.3. The third kappa shape index (κ3) is 4.13. The van der Waals surface area contributed by atoms with Gasteiger partial charge in [-0.3, -0.25) is 10.2 Å². The lowest BCUT2D eigenvalue weighted by Gasteiger charge is -2.20. The first kappa shape index (κ1) is 19.4. The van der Waals surface area contributed by atoms with Crippen molar-refractivity contribution < 1.29 is 27.8 Å². The second-order valence-corrected chi connectivity index (χ2v) is 6.10. The fourth-order valence-corrected chi connectivity index (χ4v) is 2.84. The van der Waals surface area contributed by atoms with E-state index in [0.29, 0.717) is 40.7 Å². The summed E-state index contributed by atoms with van der Waals surface area (Å²) in [5.41, 5.74) is 6.73.